The lowest BCUT2D eigenvalue weighted by Crippen LogP contribution is -2.41. The summed E-state index contributed by atoms with van der Waals surface area (Å²) >= 11 is 0. The van der Waals surface area contributed by atoms with E-state index in [1.807, 2.05) is 32.2 Å². The van der Waals surface area contributed by atoms with Gasteiger partial charge in [-0.15, -0.1) is 0 Å². The number of hydrogen-bond acceptors (Lipinski definition) is 3. The monoisotopic (exact) mass is 206 g/mol. The predicted octanol–water partition coefficient (Wildman–Crippen LogP) is -0.0733. The molecule has 0 fully saturated rings. The lowest BCUT2D eigenvalue weighted by Gasteiger charge is -2.30. The summed E-state index contributed by atoms with van der Waals surface area (Å²) in [6.07, 6.45) is 0. The first-order chi connectivity index (χ1) is 7.06. The van der Waals surface area contributed by atoms with Crippen molar-refractivity contribution >= 4 is 19.6 Å². The molecular formula is C10H15BN2O2. The highest BCUT2D eigenvalue weighted by Crippen LogP contribution is 2.14. The van der Waals surface area contributed by atoms with E-state index in [-0.39, 0.29) is 12.5 Å². The Morgan fingerprint density at radius 1 is 1.40 bits per heavy atom. The summed E-state index contributed by atoms with van der Waals surface area (Å²) in [5.74, 6) is -0.0243. The van der Waals surface area contributed by atoms with E-state index in [0.29, 0.717) is 0 Å². The molecule has 1 rings (SSSR count). The molecule has 1 aromatic carbocycles. The van der Waals surface area contributed by atoms with Crippen LogP contribution in [0.25, 0.3) is 0 Å². The molecule has 1 aromatic rings. The van der Waals surface area contributed by atoms with Crippen LogP contribution in [0.5, 0.6) is 0 Å². The van der Waals surface area contributed by atoms with Crippen LogP contribution >= 0.6 is 0 Å². The Morgan fingerprint density at radius 3 is 2.33 bits per heavy atom. The molecule has 0 aromatic heterocycles. The molecule has 15 heavy (non-hydrogen) atoms. The van der Waals surface area contributed by atoms with Crippen LogP contribution in [-0.2, 0) is 11.4 Å². The van der Waals surface area contributed by atoms with Gasteiger partial charge in [-0.05, 0) is 17.7 Å². The number of anilines is 1. The zero-order valence-electron chi connectivity index (χ0n) is 9.27. The van der Waals surface area contributed by atoms with Crippen LogP contribution in [-0.4, -0.2) is 31.1 Å². The van der Waals surface area contributed by atoms with Gasteiger partial charge in [0.25, 0.3) is 0 Å². The fourth-order valence-corrected chi connectivity index (χ4v) is 1.20. The van der Waals surface area contributed by atoms with Crippen molar-refractivity contribution in [2.45, 2.75) is 13.5 Å². The number of amides is 1. The highest BCUT2D eigenvalue weighted by molar-refractivity contribution is 6.18. The molecule has 0 aliphatic carbocycles. The molecular weight excluding hydrogens is 191 g/mol. The Bertz CT molecular complexity index is 340. The second-order valence-electron chi connectivity index (χ2n) is 3.39. The first kappa shape index (κ1) is 11.6. The molecule has 0 atom stereocenters. The zero-order valence-corrected chi connectivity index (χ0v) is 9.27. The quantitative estimate of drug-likeness (QED) is 0.556. The SMILES string of the molecule is BN(c1ccc(CO)cc1)N(C)C(C)=O. The van der Waals surface area contributed by atoms with E-state index >= 15 is 0 Å². The summed E-state index contributed by atoms with van der Waals surface area (Å²) in [5, 5.41) is 10.4. The van der Waals surface area contributed by atoms with Crippen LogP contribution in [0, 0.1) is 0 Å². The van der Waals surface area contributed by atoms with Crippen LogP contribution in [0.15, 0.2) is 24.3 Å². The number of rotatable bonds is 3. The lowest BCUT2D eigenvalue weighted by molar-refractivity contribution is -0.127. The summed E-state index contributed by atoms with van der Waals surface area (Å²) in [6, 6.07) is 7.40. The van der Waals surface area contributed by atoms with Gasteiger partial charge in [-0.2, -0.15) is 0 Å². The third-order valence-corrected chi connectivity index (χ3v) is 2.40. The van der Waals surface area contributed by atoms with E-state index in [0.717, 1.165) is 11.3 Å². The number of carbonyl (C=O) groups is 1. The number of benzene rings is 1. The van der Waals surface area contributed by atoms with E-state index in [4.69, 9.17) is 5.11 Å². The number of carbonyl (C=O) groups excluding carboxylic acids is 1. The minimum atomic E-state index is -0.0243. The fourth-order valence-electron chi connectivity index (χ4n) is 1.20. The summed E-state index contributed by atoms with van der Waals surface area (Å²) in [7, 11) is 3.53. The maximum atomic E-state index is 11.1. The smallest absolute Gasteiger partial charge is 0.247 e. The van der Waals surface area contributed by atoms with Crippen molar-refractivity contribution in [3.8, 4) is 0 Å². The average Bonchev–Trinajstić information content (AvgIpc) is 2.27. The maximum absolute atomic E-state index is 11.1. The number of nitrogens with zero attached hydrogens (tertiary/aromatic N) is 2. The van der Waals surface area contributed by atoms with Crippen molar-refractivity contribution in [2.75, 3.05) is 12.0 Å². The van der Waals surface area contributed by atoms with Gasteiger partial charge in [-0.3, -0.25) is 9.80 Å². The summed E-state index contributed by atoms with van der Waals surface area (Å²) < 4.78 is 0. The number of aliphatic hydroxyl groups is 1. The first-order valence-electron chi connectivity index (χ1n) is 4.74. The molecule has 0 aliphatic heterocycles. The molecule has 0 saturated heterocycles. The summed E-state index contributed by atoms with van der Waals surface area (Å²) in [4.78, 5) is 12.9. The standard InChI is InChI=1S/C10H15BN2O2/c1-8(15)12(2)13(11)10-5-3-9(7-14)4-6-10/h3-6,14H,7,11H2,1-2H3. The Morgan fingerprint density at radius 2 is 1.93 bits per heavy atom. The van der Waals surface area contributed by atoms with Crippen molar-refractivity contribution in [2.24, 2.45) is 0 Å². The third-order valence-electron chi connectivity index (χ3n) is 2.40. The Kier molecular flexibility index (Phi) is 3.74. The lowest BCUT2D eigenvalue weighted by atomic mass is 10.2. The van der Waals surface area contributed by atoms with Crippen molar-refractivity contribution in [1.82, 2.24) is 5.01 Å². The highest BCUT2D eigenvalue weighted by Gasteiger charge is 2.08. The van der Waals surface area contributed by atoms with E-state index in [2.05, 4.69) is 0 Å². The molecule has 1 amide bonds. The van der Waals surface area contributed by atoms with Gasteiger partial charge in [0.05, 0.1) is 6.61 Å². The van der Waals surface area contributed by atoms with E-state index in [1.54, 1.807) is 12.0 Å². The van der Waals surface area contributed by atoms with Gasteiger partial charge in [0.2, 0.25) is 13.9 Å². The topological polar surface area (TPSA) is 43.8 Å². The average molecular weight is 206 g/mol. The van der Waals surface area contributed by atoms with E-state index in [9.17, 15) is 4.79 Å². The number of hydrogen-bond donors (Lipinski definition) is 1. The van der Waals surface area contributed by atoms with Gasteiger partial charge in [-0.25, -0.2) is 0 Å². The van der Waals surface area contributed by atoms with Gasteiger partial charge < -0.3 is 10.0 Å². The second-order valence-corrected chi connectivity index (χ2v) is 3.39. The molecule has 5 heteroatoms. The maximum Gasteiger partial charge on any atom is 0.247 e. The largest absolute Gasteiger partial charge is 0.392 e. The number of aliphatic hydroxyl groups excluding tert-OH is 1. The van der Waals surface area contributed by atoms with Gasteiger partial charge in [0.1, 0.15) is 0 Å². The normalized spacial score (nSPS) is 9.80. The fraction of sp³-hybridized carbons (Fsp3) is 0.300. The molecule has 0 aliphatic rings. The van der Waals surface area contributed by atoms with Gasteiger partial charge in [0.15, 0.2) is 0 Å². The van der Waals surface area contributed by atoms with Crippen LogP contribution in [0.3, 0.4) is 0 Å². The van der Waals surface area contributed by atoms with Crippen molar-refractivity contribution < 1.29 is 9.90 Å². The molecule has 0 saturated carbocycles. The second kappa shape index (κ2) is 4.84. The summed E-state index contributed by atoms with van der Waals surface area (Å²) in [5.41, 5.74) is 1.77. The Labute approximate surface area is 90.5 Å². The molecule has 0 spiro atoms. The van der Waals surface area contributed by atoms with Crippen molar-refractivity contribution in [3.63, 3.8) is 0 Å². The highest BCUT2D eigenvalue weighted by atomic mass is 16.3. The van der Waals surface area contributed by atoms with Crippen LogP contribution in [0.2, 0.25) is 0 Å². The molecule has 0 radical (unpaired) electrons. The molecule has 0 unspecified atom stereocenters. The van der Waals surface area contributed by atoms with Crippen molar-refractivity contribution in [3.05, 3.63) is 29.8 Å². The molecule has 0 heterocycles. The van der Waals surface area contributed by atoms with Crippen molar-refractivity contribution in [1.29, 1.82) is 0 Å². The van der Waals surface area contributed by atoms with Gasteiger partial charge in [0, 0.05) is 19.7 Å². The first-order valence-corrected chi connectivity index (χ1v) is 4.74. The van der Waals surface area contributed by atoms with Gasteiger partial charge >= 0.3 is 0 Å². The van der Waals surface area contributed by atoms with Crippen LogP contribution in [0.4, 0.5) is 5.69 Å². The predicted molar refractivity (Wildman–Crippen MR) is 61.8 cm³/mol. The third kappa shape index (κ3) is 2.73. The van der Waals surface area contributed by atoms with Crippen LogP contribution < -0.4 is 4.92 Å². The Hall–Kier alpha value is -1.49. The van der Waals surface area contributed by atoms with E-state index in [1.165, 1.54) is 11.9 Å². The zero-order chi connectivity index (χ0) is 11.4. The van der Waals surface area contributed by atoms with E-state index < -0.39 is 0 Å². The molecule has 80 valence electrons. The van der Waals surface area contributed by atoms with Gasteiger partial charge in [-0.1, -0.05) is 12.1 Å². The molecule has 0 bridgehead atoms. The minimum Gasteiger partial charge on any atom is -0.392 e. The summed E-state index contributed by atoms with van der Waals surface area (Å²) in [6.45, 7) is 1.55. The number of hydrazine groups is 1. The molecule has 4 nitrogen and oxygen atoms in total. The van der Waals surface area contributed by atoms with Crippen LogP contribution in [0.1, 0.15) is 12.5 Å². The Balaban J connectivity index is 2.82. The minimum absolute atomic E-state index is 0.0243. The molecule has 1 N–H and O–H groups in total.